The van der Waals surface area contributed by atoms with Gasteiger partial charge in [0.2, 0.25) is 0 Å². The van der Waals surface area contributed by atoms with Gasteiger partial charge in [0.05, 0.1) is 16.4 Å². The van der Waals surface area contributed by atoms with E-state index in [4.69, 9.17) is 20.8 Å². The van der Waals surface area contributed by atoms with Gasteiger partial charge in [-0.05, 0) is 43.3 Å². The summed E-state index contributed by atoms with van der Waals surface area (Å²) in [5.74, 6) is 1.53. The molecular weight excluding hydrogens is 437 g/mol. The maximum Gasteiger partial charge on any atom is 0.258 e. The van der Waals surface area contributed by atoms with Crippen LogP contribution in [0.15, 0.2) is 64.1 Å². The van der Waals surface area contributed by atoms with Gasteiger partial charge in [-0.3, -0.25) is 14.3 Å². The fraction of sp³-hybridized carbons (Fsp3) is 0.217. The van der Waals surface area contributed by atoms with E-state index in [2.05, 4.69) is 10.3 Å². The standard InChI is InChI=1S/C23H20ClN3O3.ClH/c24-15-1-2-16(26-13-15)14-29-18-7-10-27(23(28)12-18)17-3-4-19-20-5-8-25-9-6-21(20)30-22(19)11-17;/h1-4,7,10-13,25H,5-6,8-9,14H2;1H. The fourth-order valence-corrected chi connectivity index (χ4v) is 3.88. The average molecular weight is 458 g/mol. The lowest BCUT2D eigenvalue weighted by atomic mass is 10.1. The molecule has 1 aliphatic rings. The fourth-order valence-electron chi connectivity index (χ4n) is 3.77. The molecule has 4 aromatic rings. The third-order valence-electron chi connectivity index (χ3n) is 5.29. The first-order chi connectivity index (χ1) is 14.7. The summed E-state index contributed by atoms with van der Waals surface area (Å²) in [5, 5.41) is 5.09. The van der Waals surface area contributed by atoms with E-state index in [1.807, 2.05) is 18.2 Å². The molecule has 0 fully saturated rings. The van der Waals surface area contributed by atoms with Gasteiger partial charge in [-0.1, -0.05) is 11.6 Å². The second-order valence-corrected chi connectivity index (χ2v) is 7.70. The summed E-state index contributed by atoms with van der Waals surface area (Å²) in [7, 11) is 0. The second kappa shape index (κ2) is 9.14. The smallest absolute Gasteiger partial charge is 0.258 e. The van der Waals surface area contributed by atoms with Gasteiger partial charge >= 0.3 is 0 Å². The van der Waals surface area contributed by atoms with Gasteiger partial charge in [0.25, 0.3) is 5.56 Å². The molecule has 31 heavy (non-hydrogen) atoms. The Balaban J connectivity index is 0.00000231. The number of fused-ring (bicyclic) bond motifs is 3. The molecule has 0 spiro atoms. The largest absolute Gasteiger partial charge is 0.487 e. The Bertz CT molecular complexity index is 1270. The van der Waals surface area contributed by atoms with Gasteiger partial charge in [0.15, 0.2) is 0 Å². The number of aromatic nitrogens is 2. The van der Waals surface area contributed by atoms with Crippen LogP contribution in [0.1, 0.15) is 17.0 Å². The highest BCUT2D eigenvalue weighted by Crippen LogP contribution is 2.29. The number of nitrogens with zero attached hydrogens (tertiary/aromatic N) is 2. The molecule has 0 amide bonds. The Morgan fingerprint density at radius 3 is 2.81 bits per heavy atom. The summed E-state index contributed by atoms with van der Waals surface area (Å²) in [4.78, 5) is 16.9. The van der Waals surface area contributed by atoms with E-state index in [-0.39, 0.29) is 24.6 Å². The first kappa shape index (κ1) is 21.4. The Morgan fingerprint density at radius 1 is 1.13 bits per heavy atom. The van der Waals surface area contributed by atoms with Gasteiger partial charge in [-0.2, -0.15) is 0 Å². The van der Waals surface area contributed by atoms with E-state index in [1.54, 1.807) is 35.2 Å². The van der Waals surface area contributed by atoms with Gasteiger partial charge in [-0.25, -0.2) is 0 Å². The highest BCUT2D eigenvalue weighted by molar-refractivity contribution is 6.30. The van der Waals surface area contributed by atoms with Crippen molar-refractivity contribution in [2.24, 2.45) is 0 Å². The van der Waals surface area contributed by atoms with Crippen LogP contribution in [0.2, 0.25) is 5.02 Å². The zero-order chi connectivity index (χ0) is 20.5. The molecule has 0 radical (unpaired) electrons. The molecule has 1 N–H and O–H groups in total. The number of hydrogen-bond acceptors (Lipinski definition) is 5. The van der Waals surface area contributed by atoms with Gasteiger partial charge < -0.3 is 14.5 Å². The number of nitrogens with one attached hydrogen (secondary N) is 1. The first-order valence-corrected chi connectivity index (χ1v) is 10.3. The molecule has 0 aliphatic carbocycles. The zero-order valence-electron chi connectivity index (χ0n) is 16.6. The normalized spacial score (nSPS) is 13.3. The van der Waals surface area contributed by atoms with Gasteiger partial charge in [0.1, 0.15) is 23.7 Å². The third-order valence-corrected chi connectivity index (χ3v) is 5.51. The summed E-state index contributed by atoms with van der Waals surface area (Å²) in [6.45, 7) is 2.14. The summed E-state index contributed by atoms with van der Waals surface area (Å²) in [6, 6.07) is 12.7. The molecule has 5 rings (SSSR count). The molecule has 1 aliphatic heterocycles. The summed E-state index contributed by atoms with van der Waals surface area (Å²) >= 11 is 5.84. The van der Waals surface area contributed by atoms with Crippen LogP contribution in [0.5, 0.6) is 5.75 Å². The molecule has 1 aromatic carbocycles. The number of hydrogen-bond donors (Lipinski definition) is 1. The Hall–Kier alpha value is -2.80. The van der Waals surface area contributed by atoms with Crippen LogP contribution < -0.4 is 15.6 Å². The van der Waals surface area contributed by atoms with Crippen LogP contribution in [0, 0.1) is 0 Å². The SMILES string of the molecule is Cl.O=c1cc(OCc2ccc(Cl)cn2)ccn1-c1ccc2c3c(oc2c1)CCNCC3. The number of halogens is 2. The predicted octanol–water partition coefficient (Wildman–Crippen LogP) is 4.32. The van der Waals surface area contributed by atoms with Crippen LogP contribution in [0.4, 0.5) is 0 Å². The lowest BCUT2D eigenvalue weighted by Gasteiger charge is -2.09. The van der Waals surface area contributed by atoms with Crippen molar-refractivity contribution in [1.82, 2.24) is 14.9 Å². The van der Waals surface area contributed by atoms with E-state index < -0.39 is 0 Å². The molecule has 4 heterocycles. The highest BCUT2D eigenvalue weighted by atomic mass is 35.5. The minimum Gasteiger partial charge on any atom is -0.487 e. The van der Waals surface area contributed by atoms with Crippen molar-refractivity contribution in [2.45, 2.75) is 19.4 Å². The Labute approximate surface area is 190 Å². The number of benzene rings is 1. The van der Waals surface area contributed by atoms with E-state index in [9.17, 15) is 4.79 Å². The first-order valence-electron chi connectivity index (χ1n) is 9.89. The lowest BCUT2D eigenvalue weighted by Crippen LogP contribution is -2.17. The number of pyridine rings is 2. The molecule has 160 valence electrons. The zero-order valence-corrected chi connectivity index (χ0v) is 18.2. The molecule has 3 aromatic heterocycles. The van der Waals surface area contributed by atoms with E-state index in [0.717, 1.165) is 54.0 Å². The quantitative estimate of drug-likeness (QED) is 0.494. The van der Waals surface area contributed by atoms with Crippen molar-refractivity contribution in [3.05, 3.63) is 87.3 Å². The minimum atomic E-state index is -0.173. The number of ether oxygens (including phenoxy) is 1. The second-order valence-electron chi connectivity index (χ2n) is 7.26. The summed E-state index contributed by atoms with van der Waals surface area (Å²) in [6.07, 6.45) is 5.12. The Morgan fingerprint density at radius 2 is 2.00 bits per heavy atom. The van der Waals surface area contributed by atoms with Crippen molar-refractivity contribution in [3.8, 4) is 11.4 Å². The van der Waals surface area contributed by atoms with Gasteiger partial charge in [0, 0.05) is 48.4 Å². The maximum atomic E-state index is 12.7. The van der Waals surface area contributed by atoms with Crippen LogP contribution >= 0.6 is 24.0 Å². The van der Waals surface area contributed by atoms with Crippen LogP contribution in [0.3, 0.4) is 0 Å². The lowest BCUT2D eigenvalue weighted by molar-refractivity contribution is 0.300. The van der Waals surface area contributed by atoms with Crippen molar-refractivity contribution in [2.75, 3.05) is 13.1 Å². The Kier molecular flexibility index (Phi) is 6.32. The van der Waals surface area contributed by atoms with Crippen LogP contribution in [-0.2, 0) is 19.4 Å². The van der Waals surface area contributed by atoms with Crippen LogP contribution in [0.25, 0.3) is 16.7 Å². The molecule has 0 bridgehead atoms. The molecule has 8 heteroatoms. The van der Waals surface area contributed by atoms with Gasteiger partial charge in [-0.15, -0.1) is 12.4 Å². The molecule has 0 saturated heterocycles. The average Bonchev–Trinajstić information content (AvgIpc) is 2.93. The monoisotopic (exact) mass is 457 g/mol. The molecule has 0 atom stereocenters. The molecular formula is C23H21Cl2N3O3. The van der Waals surface area contributed by atoms with Crippen LogP contribution in [-0.4, -0.2) is 22.6 Å². The molecule has 6 nitrogen and oxygen atoms in total. The van der Waals surface area contributed by atoms with Crippen molar-refractivity contribution in [1.29, 1.82) is 0 Å². The summed E-state index contributed by atoms with van der Waals surface area (Å²) in [5.41, 5.74) is 3.42. The van der Waals surface area contributed by atoms with Crippen molar-refractivity contribution in [3.63, 3.8) is 0 Å². The molecule has 0 saturated carbocycles. The predicted molar refractivity (Wildman–Crippen MR) is 123 cm³/mol. The molecule has 0 unspecified atom stereocenters. The third kappa shape index (κ3) is 4.46. The van der Waals surface area contributed by atoms with E-state index >= 15 is 0 Å². The highest BCUT2D eigenvalue weighted by Gasteiger charge is 2.17. The minimum absolute atomic E-state index is 0. The number of rotatable bonds is 4. The van der Waals surface area contributed by atoms with E-state index in [1.165, 1.54) is 11.6 Å². The maximum absolute atomic E-state index is 12.7. The topological polar surface area (TPSA) is 69.3 Å². The van der Waals surface area contributed by atoms with Crippen molar-refractivity contribution < 1.29 is 9.15 Å². The van der Waals surface area contributed by atoms with E-state index in [0.29, 0.717) is 10.8 Å². The van der Waals surface area contributed by atoms with Crippen molar-refractivity contribution >= 4 is 35.0 Å². The summed E-state index contributed by atoms with van der Waals surface area (Å²) < 4.78 is 13.4. The number of furan rings is 1.